The third-order valence-corrected chi connectivity index (χ3v) is 4.81. The molecule has 4 aromatic rings. The predicted molar refractivity (Wildman–Crippen MR) is 109 cm³/mol. The number of para-hydroxylation sites is 1. The van der Waals surface area contributed by atoms with E-state index < -0.39 is 5.91 Å². The molecule has 0 aliphatic carbocycles. The van der Waals surface area contributed by atoms with E-state index in [4.69, 9.17) is 0 Å². The van der Waals surface area contributed by atoms with Gasteiger partial charge in [-0.05, 0) is 25.1 Å². The van der Waals surface area contributed by atoms with Crippen molar-refractivity contribution in [2.24, 2.45) is 5.10 Å². The Morgan fingerprint density at radius 3 is 2.54 bits per heavy atom. The molecule has 0 unspecified atom stereocenters. The second-order valence-electron chi connectivity index (χ2n) is 5.94. The molecule has 4 rings (SSSR count). The van der Waals surface area contributed by atoms with Gasteiger partial charge < -0.3 is 0 Å². The topological polar surface area (TPSA) is 89.2 Å². The van der Waals surface area contributed by atoms with Crippen molar-refractivity contribution in [2.45, 2.75) is 6.92 Å². The maximum atomic E-state index is 12.8. The minimum atomic E-state index is -0.510. The van der Waals surface area contributed by atoms with Gasteiger partial charge in [-0.25, -0.2) is 10.4 Å². The van der Waals surface area contributed by atoms with E-state index in [1.54, 1.807) is 48.5 Å². The number of carbonyl (C=O) groups is 1. The molecule has 0 saturated carbocycles. The summed E-state index contributed by atoms with van der Waals surface area (Å²) in [4.78, 5) is 29.8. The van der Waals surface area contributed by atoms with Gasteiger partial charge >= 0.3 is 0 Å². The number of hydrogen-bond acceptors (Lipinski definition) is 6. The first kappa shape index (κ1) is 17.7. The summed E-state index contributed by atoms with van der Waals surface area (Å²) >= 11 is 1.50. The highest BCUT2D eigenvalue weighted by Gasteiger charge is 2.17. The average Bonchev–Trinajstić information content (AvgIpc) is 3.14. The van der Waals surface area contributed by atoms with Crippen LogP contribution in [0.5, 0.6) is 0 Å². The number of nitrogens with zero attached hydrogens (tertiary/aromatic N) is 4. The number of carbonyl (C=O) groups excluding carboxylic acids is 1. The van der Waals surface area contributed by atoms with Crippen molar-refractivity contribution in [2.75, 3.05) is 0 Å². The second-order valence-corrected chi connectivity index (χ2v) is 7.00. The molecule has 0 spiro atoms. The van der Waals surface area contributed by atoms with Gasteiger partial charge in [-0.15, -0.1) is 11.3 Å². The Balaban J connectivity index is 1.75. The van der Waals surface area contributed by atoms with Gasteiger partial charge in [0, 0.05) is 10.8 Å². The fourth-order valence-corrected chi connectivity index (χ4v) is 3.31. The normalized spacial score (nSPS) is 11.2. The lowest BCUT2D eigenvalue weighted by molar-refractivity contribution is 0.0950. The maximum Gasteiger partial charge on any atom is 0.292 e. The average molecular weight is 389 g/mol. The van der Waals surface area contributed by atoms with Crippen molar-refractivity contribution in [3.8, 4) is 5.69 Å². The summed E-state index contributed by atoms with van der Waals surface area (Å²) in [5.41, 5.74) is 3.53. The number of amides is 1. The molecule has 0 aliphatic rings. The second kappa shape index (κ2) is 7.53. The van der Waals surface area contributed by atoms with E-state index >= 15 is 0 Å². The van der Waals surface area contributed by atoms with Crippen molar-refractivity contribution >= 4 is 34.2 Å². The number of fused-ring (bicyclic) bond motifs is 1. The van der Waals surface area contributed by atoms with Gasteiger partial charge in [-0.1, -0.05) is 36.4 Å². The highest BCUT2D eigenvalue weighted by Crippen LogP contribution is 2.15. The highest BCUT2D eigenvalue weighted by atomic mass is 32.1. The number of thiazole rings is 1. The van der Waals surface area contributed by atoms with E-state index in [9.17, 15) is 9.59 Å². The Labute approximate surface area is 164 Å². The molecular weight excluding hydrogens is 374 g/mol. The van der Waals surface area contributed by atoms with Crippen molar-refractivity contribution in [3.05, 3.63) is 86.7 Å². The van der Waals surface area contributed by atoms with E-state index in [-0.39, 0.29) is 11.3 Å². The predicted octanol–water partition coefficient (Wildman–Crippen LogP) is 2.91. The fourth-order valence-electron chi connectivity index (χ4n) is 2.75. The molecule has 1 N–H and O–H groups in total. The van der Waals surface area contributed by atoms with Crippen LogP contribution in [0.2, 0.25) is 0 Å². The Hall–Kier alpha value is -3.65. The molecule has 7 nitrogen and oxygen atoms in total. The maximum absolute atomic E-state index is 12.8. The molecule has 2 aromatic carbocycles. The van der Waals surface area contributed by atoms with Crippen LogP contribution < -0.4 is 11.0 Å². The number of hydrogen-bond donors (Lipinski definition) is 1. The molecule has 0 atom stereocenters. The number of hydrazone groups is 1. The Bertz CT molecular complexity index is 1240. The fraction of sp³-hybridized carbons (Fsp3) is 0.0500. The zero-order valence-corrected chi connectivity index (χ0v) is 15.7. The standard InChI is InChI=1S/C20H15N5O2S/c1-13-22-14(12-28-13)11-21-23-19(26)18-16-9-5-6-10-17(16)20(27)25(24-18)15-7-3-2-4-8-15/h2-12H,1H3,(H,23,26)/b21-11-. The first-order chi connectivity index (χ1) is 13.6. The van der Waals surface area contributed by atoms with Crippen molar-refractivity contribution in [3.63, 3.8) is 0 Å². The first-order valence-corrected chi connectivity index (χ1v) is 9.34. The van der Waals surface area contributed by atoms with Gasteiger partial charge in [0.1, 0.15) is 0 Å². The molecule has 2 heterocycles. The lowest BCUT2D eigenvalue weighted by atomic mass is 10.1. The molecule has 0 radical (unpaired) electrons. The van der Waals surface area contributed by atoms with Crippen molar-refractivity contribution in [1.29, 1.82) is 0 Å². The third kappa shape index (κ3) is 3.45. The lowest BCUT2D eigenvalue weighted by Crippen LogP contribution is -2.28. The summed E-state index contributed by atoms with van der Waals surface area (Å²) in [5.74, 6) is -0.510. The molecule has 138 valence electrons. The summed E-state index contributed by atoms with van der Waals surface area (Å²) in [6.45, 7) is 1.89. The molecule has 0 fully saturated rings. The van der Waals surface area contributed by atoms with Crippen LogP contribution in [0.15, 0.2) is 69.9 Å². The SMILES string of the molecule is Cc1nc(/C=N\NC(=O)c2nn(-c3ccccc3)c(=O)c3ccccc23)cs1. The molecule has 0 bridgehead atoms. The van der Waals surface area contributed by atoms with E-state index in [0.717, 1.165) is 5.01 Å². The smallest absolute Gasteiger partial charge is 0.267 e. The van der Waals surface area contributed by atoms with Crippen molar-refractivity contribution < 1.29 is 4.79 Å². The first-order valence-electron chi connectivity index (χ1n) is 8.46. The summed E-state index contributed by atoms with van der Waals surface area (Å²) < 4.78 is 1.23. The summed E-state index contributed by atoms with van der Waals surface area (Å²) in [6.07, 6.45) is 1.47. The van der Waals surface area contributed by atoms with E-state index in [1.165, 1.54) is 22.2 Å². The largest absolute Gasteiger partial charge is 0.292 e. The zero-order chi connectivity index (χ0) is 19.5. The van der Waals surface area contributed by atoms with Gasteiger partial charge in [-0.3, -0.25) is 9.59 Å². The Morgan fingerprint density at radius 1 is 1.11 bits per heavy atom. The van der Waals surface area contributed by atoms with Crippen LogP contribution in [-0.2, 0) is 0 Å². The quantitative estimate of drug-likeness (QED) is 0.429. The molecular formula is C20H15N5O2S. The number of nitrogens with one attached hydrogen (secondary N) is 1. The molecule has 0 saturated heterocycles. The third-order valence-electron chi connectivity index (χ3n) is 4.02. The van der Waals surface area contributed by atoms with Crippen LogP contribution >= 0.6 is 11.3 Å². The van der Waals surface area contributed by atoms with Crippen LogP contribution in [0, 0.1) is 6.92 Å². The number of benzene rings is 2. The van der Waals surface area contributed by atoms with Gasteiger partial charge in [0.25, 0.3) is 11.5 Å². The Kier molecular flexibility index (Phi) is 4.77. The Morgan fingerprint density at radius 2 is 1.82 bits per heavy atom. The van der Waals surface area contributed by atoms with Crippen LogP contribution in [0.1, 0.15) is 21.2 Å². The molecule has 2 aromatic heterocycles. The summed E-state index contributed by atoms with van der Waals surface area (Å²) in [7, 11) is 0. The van der Waals surface area contributed by atoms with Gasteiger partial charge in [0.2, 0.25) is 0 Å². The van der Waals surface area contributed by atoms with Crippen LogP contribution in [-0.4, -0.2) is 26.9 Å². The van der Waals surface area contributed by atoms with Crippen LogP contribution in [0.25, 0.3) is 16.5 Å². The molecule has 0 aliphatic heterocycles. The number of aromatic nitrogens is 3. The van der Waals surface area contributed by atoms with Crippen LogP contribution in [0.3, 0.4) is 0 Å². The van der Waals surface area contributed by atoms with Gasteiger partial charge in [-0.2, -0.15) is 14.9 Å². The van der Waals surface area contributed by atoms with E-state index in [1.807, 2.05) is 18.4 Å². The lowest BCUT2D eigenvalue weighted by Gasteiger charge is -2.10. The number of aryl methyl sites for hydroxylation is 1. The van der Waals surface area contributed by atoms with Gasteiger partial charge in [0.15, 0.2) is 5.69 Å². The van der Waals surface area contributed by atoms with E-state index in [0.29, 0.717) is 22.2 Å². The molecule has 1 amide bonds. The molecule has 8 heteroatoms. The minimum Gasteiger partial charge on any atom is -0.267 e. The monoisotopic (exact) mass is 389 g/mol. The van der Waals surface area contributed by atoms with Crippen molar-refractivity contribution in [1.82, 2.24) is 20.2 Å². The minimum absolute atomic E-state index is 0.116. The van der Waals surface area contributed by atoms with Crippen LogP contribution in [0.4, 0.5) is 0 Å². The summed E-state index contributed by atoms with van der Waals surface area (Å²) in [6, 6.07) is 15.9. The van der Waals surface area contributed by atoms with E-state index in [2.05, 4.69) is 20.6 Å². The highest BCUT2D eigenvalue weighted by molar-refractivity contribution is 7.09. The number of rotatable bonds is 4. The summed E-state index contributed by atoms with van der Waals surface area (Å²) in [5, 5.41) is 11.9. The van der Waals surface area contributed by atoms with Gasteiger partial charge in [0.05, 0.1) is 28.0 Å². The molecule has 28 heavy (non-hydrogen) atoms. The zero-order valence-electron chi connectivity index (χ0n) is 14.9.